The highest BCUT2D eigenvalue weighted by atomic mass is 19.1. The smallest absolute Gasteiger partial charge is 0.238 e. The first-order valence-electron chi connectivity index (χ1n) is 6.65. The minimum absolute atomic E-state index is 0.0455. The molecule has 1 amide bonds. The molecule has 1 aromatic carbocycles. The summed E-state index contributed by atoms with van der Waals surface area (Å²) in [5.41, 5.74) is 6.05. The molecule has 4 nitrogen and oxygen atoms in total. The quantitative estimate of drug-likeness (QED) is 0.824. The summed E-state index contributed by atoms with van der Waals surface area (Å²) >= 11 is 0. The van der Waals surface area contributed by atoms with Crippen molar-refractivity contribution in [1.82, 2.24) is 4.90 Å². The van der Waals surface area contributed by atoms with Crippen LogP contribution in [0, 0.1) is 5.82 Å². The normalized spacial score (nSPS) is 20.2. The lowest BCUT2D eigenvalue weighted by Gasteiger charge is -2.32. The summed E-state index contributed by atoms with van der Waals surface area (Å²) in [6, 6.07) is 4.66. The number of hydrogen-bond donors (Lipinski definition) is 2. The van der Waals surface area contributed by atoms with Crippen molar-refractivity contribution in [3.63, 3.8) is 0 Å². The number of nitrogen functional groups attached to an aromatic ring is 1. The Hall–Kier alpha value is -1.62. The highest BCUT2D eigenvalue weighted by molar-refractivity contribution is 5.92. The van der Waals surface area contributed by atoms with Crippen LogP contribution >= 0.6 is 0 Å². The van der Waals surface area contributed by atoms with Crippen LogP contribution < -0.4 is 11.1 Å². The first-order chi connectivity index (χ1) is 9.06. The van der Waals surface area contributed by atoms with Crippen molar-refractivity contribution in [2.24, 2.45) is 0 Å². The number of nitrogens with one attached hydrogen (secondary N) is 1. The van der Waals surface area contributed by atoms with Gasteiger partial charge in [0.15, 0.2) is 0 Å². The Labute approximate surface area is 112 Å². The predicted octanol–water partition coefficient (Wildman–Crippen LogP) is 2.22. The summed E-state index contributed by atoms with van der Waals surface area (Å²) in [5.74, 6) is -0.553. The third kappa shape index (κ3) is 3.67. The molecule has 1 atom stereocenters. The van der Waals surface area contributed by atoms with Gasteiger partial charge in [-0.05, 0) is 44.5 Å². The Morgan fingerprint density at radius 2 is 2.32 bits per heavy atom. The third-order valence-electron chi connectivity index (χ3n) is 3.57. The van der Waals surface area contributed by atoms with Crippen molar-refractivity contribution in [2.45, 2.75) is 32.2 Å². The third-order valence-corrected chi connectivity index (χ3v) is 3.57. The van der Waals surface area contributed by atoms with Crippen LogP contribution in [0.4, 0.5) is 15.8 Å². The van der Waals surface area contributed by atoms with Crippen molar-refractivity contribution in [1.29, 1.82) is 0 Å². The number of carbonyl (C=O) groups excluding carboxylic acids is 1. The zero-order valence-corrected chi connectivity index (χ0v) is 11.2. The van der Waals surface area contributed by atoms with Crippen molar-refractivity contribution in [3.8, 4) is 0 Å². The van der Waals surface area contributed by atoms with E-state index in [0.717, 1.165) is 19.4 Å². The van der Waals surface area contributed by atoms with Crippen LogP contribution in [0.15, 0.2) is 18.2 Å². The fraction of sp³-hybridized carbons (Fsp3) is 0.500. The Balaban J connectivity index is 1.91. The van der Waals surface area contributed by atoms with E-state index in [4.69, 9.17) is 5.73 Å². The standard InChI is InChI=1S/C14H20FN3O/c1-10-4-2-3-7-18(10)9-14(19)17-11-5-6-12(15)13(16)8-11/h5-6,8,10H,2-4,7,9,16H2,1H3,(H,17,19)/t10-/m1/s1. The first kappa shape index (κ1) is 13.8. The molecule has 0 saturated carbocycles. The molecule has 1 aromatic rings. The maximum atomic E-state index is 13.0. The van der Waals surface area contributed by atoms with Crippen LogP contribution in [0.2, 0.25) is 0 Å². The fourth-order valence-electron chi connectivity index (χ4n) is 2.40. The lowest BCUT2D eigenvalue weighted by Crippen LogP contribution is -2.42. The van der Waals surface area contributed by atoms with Crippen molar-refractivity contribution in [2.75, 3.05) is 24.1 Å². The van der Waals surface area contributed by atoms with E-state index in [1.807, 2.05) is 0 Å². The van der Waals surface area contributed by atoms with E-state index in [1.54, 1.807) is 0 Å². The van der Waals surface area contributed by atoms with Crippen LogP contribution in [0.5, 0.6) is 0 Å². The molecule has 2 rings (SSSR count). The Kier molecular flexibility index (Phi) is 4.37. The van der Waals surface area contributed by atoms with E-state index < -0.39 is 5.82 Å². The van der Waals surface area contributed by atoms with E-state index >= 15 is 0 Å². The summed E-state index contributed by atoms with van der Waals surface area (Å²) in [5, 5.41) is 2.75. The van der Waals surface area contributed by atoms with Crippen LogP contribution in [0.3, 0.4) is 0 Å². The molecule has 104 valence electrons. The van der Waals surface area contributed by atoms with E-state index in [0.29, 0.717) is 18.3 Å². The first-order valence-corrected chi connectivity index (χ1v) is 6.65. The lowest BCUT2D eigenvalue weighted by molar-refractivity contribution is -0.118. The van der Waals surface area contributed by atoms with Crippen LogP contribution in [-0.4, -0.2) is 29.9 Å². The van der Waals surface area contributed by atoms with Crippen molar-refractivity contribution >= 4 is 17.3 Å². The molecule has 0 unspecified atom stereocenters. The molecule has 1 aliphatic heterocycles. The molecule has 1 saturated heterocycles. The van der Waals surface area contributed by atoms with Gasteiger partial charge in [-0.2, -0.15) is 0 Å². The van der Waals surface area contributed by atoms with E-state index in [9.17, 15) is 9.18 Å². The summed E-state index contributed by atoms with van der Waals surface area (Å²) in [6.45, 7) is 3.47. The number of halogens is 1. The van der Waals surface area contributed by atoms with Gasteiger partial charge in [0.1, 0.15) is 5.82 Å². The number of nitrogens with zero attached hydrogens (tertiary/aromatic N) is 1. The number of nitrogens with two attached hydrogens (primary N) is 1. The summed E-state index contributed by atoms with van der Waals surface area (Å²) < 4.78 is 13.0. The number of anilines is 2. The molecule has 0 spiro atoms. The second-order valence-corrected chi connectivity index (χ2v) is 5.10. The van der Waals surface area contributed by atoms with Crippen molar-refractivity contribution < 1.29 is 9.18 Å². The van der Waals surface area contributed by atoms with Crippen LogP contribution in [0.25, 0.3) is 0 Å². The van der Waals surface area contributed by atoms with Gasteiger partial charge >= 0.3 is 0 Å². The highest BCUT2D eigenvalue weighted by Gasteiger charge is 2.20. The molecule has 19 heavy (non-hydrogen) atoms. The maximum absolute atomic E-state index is 13.0. The minimum Gasteiger partial charge on any atom is -0.396 e. The van der Waals surface area contributed by atoms with E-state index in [-0.39, 0.29) is 11.6 Å². The number of hydrogen-bond acceptors (Lipinski definition) is 3. The number of amides is 1. The topological polar surface area (TPSA) is 58.4 Å². The molecule has 1 heterocycles. The second kappa shape index (κ2) is 6.02. The molecule has 0 radical (unpaired) electrons. The number of benzene rings is 1. The average Bonchev–Trinajstić information content (AvgIpc) is 2.37. The molecule has 1 aliphatic rings. The highest BCUT2D eigenvalue weighted by Crippen LogP contribution is 2.18. The minimum atomic E-state index is -0.470. The molecule has 0 aromatic heterocycles. The summed E-state index contributed by atoms with van der Waals surface area (Å²) in [6.07, 6.45) is 3.51. The average molecular weight is 265 g/mol. The molecular formula is C14H20FN3O. The number of rotatable bonds is 3. The van der Waals surface area contributed by atoms with Gasteiger partial charge in [-0.3, -0.25) is 9.69 Å². The number of likely N-dealkylation sites (tertiary alicyclic amines) is 1. The van der Waals surface area contributed by atoms with Gasteiger partial charge in [-0.25, -0.2) is 4.39 Å². The van der Waals surface area contributed by atoms with Gasteiger partial charge in [-0.15, -0.1) is 0 Å². The zero-order valence-electron chi connectivity index (χ0n) is 11.2. The van der Waals surface area contributed by atoms with E-state index in [1.165, 1.54) is 24.6 Å². The maximum Gasteiger partial charge on any atom is 0.238 e. The fourth-order valence-corrected chi connectivity index (χ4v) is 2.40. The molecule has 0 bridgehead atoms. The SMILES string of the molecule is C[C@@H]1CCCCN1CC(=O)Nc1ccc(F)c(N)c1. The molecule has 0 aliphatic carbocycles. The van der Waals surface area contributed by atoms with Crippen LogP contribution in [0.1, 0.15) is 26.2 Å². The summed E-state index contributed by atoms with van der Waals surface area (Å²) in [7, 11) is 0. The molecular weight excluding hydrogens is 245 g/mol. The predicted molar refractivity (Wildman–Crippen MR) is 74.3 cm³/mol. The Bertz CT molecular complexity index is 464. The van der Waals surface area contributed by atoms with Crippen LogP contribution in [-0.2, 0) is 4.79 Å². The largest absolute Gasteiger partial charge is 0.396 e. The number of carbonyl (C=O) groups is 1. The van der Waals surface area contributed by atoms with Gasteiger partial charge in [0, 0.05) is 11.7 Å². The number of piperidine rings is 1. The molecule has 5 heteroatoms. The van der Waals surface area contributed by atoms with Gasteiger partial charge < -0.3 is 11.1 Å². The van der Waals surface area contributed by atoms with Gasteiger partial charge in [0.2, 0.25) is 5.91 Å². The molecule has 3 N–H and O–H groups in total. The van der Waals surface area contributed by atoms with Gasteiger partial charge in [0.25, 0.3) is 0 Å². The molecule has 1 fully saturated rings. The summed E-state index contributed by atoms with van der Waals surface area (Å²) in [4.78, 5) is 14.1. The second-order valence-electron chi connectivity index (χ2n) is 5.10. The Morgan fingerprint density at radius 3 is 3.00 bits per heavy atom. The monoisotopic (exact) mass is 265 g/mol. The zero-order chi connectivity index (χ0) is 13.8. The van der Waals surface area contributed by atoms with Crippen molar-refractivity contribution in [3.05, 3.63) is 24.0 Å². The lowest BCUT2D eigenvalue weighted by atomic mass is 10.0. The Morgan fingerprint density at radius 1 is 1.53 bits per heavy atom. The van der Waals surface area contributed by atoms with Gasteiger partial charge in [-0.1, -0.05) is 6.42 Å². The van der Waals surface area contributed by atoms with Gasteiger partial charge in [0.05, 0.1) is 12.2 Å². The van der Waals surface area contributed by atoms with E-state index in [2.05, 4.69) is 17.1 Å².